The Morgan fingerprint density at radius 2 is 1.90 bits per heavy atom. The van der Waals surface area contributed by atoms with Crippen molar-refractivity contribution in [2.75, 3.05) is 25.1 Å². The molecule has 0 N–H and O–H groups in total. The Kier molecular flexibility index (Phi) is 4.01. The van der Waals surface area contributed by atoms with Crippen LogP contribution in [0.15, 0.2) is 0 Å². The summed E-state index contributed by atoms with van der Waals surface area (Å²) in [5.41, 5.74) is -0.573. The van der Waals surface area contributed by atoms with Crippen LogP contribution in [0.25, 0.3) is 0 Å². The van der Waals surface area contributed by atoms with Crippen LogP contribution in [0.2, 0.25) is 5.15 Å². The Morgan fingerprint density at radius 3 is 2.40 bits per heavy atom. The Labute approximate surface area is 127 Å². The summed E-state index contributed by atoms with van der Waals surface area (Å²) in [6.45, 7) is 9.55. The van der Waals surface area contributed by atoms with Crippen LogP contribution in [0.3, 0.4) is 0 Å². The van der Waals surface area contributed by atoms with E-state index >= 15 is 0 Å². The van der Waals surface area contributed by atoms with E-state index in [2.05, 4.69) is 9.88 Å². The van der Waals surface area contributed by atoms with Crippen molar-refractivity contribution in [2.24, 2.45) is 0 Å². The fraction of sp³-hybridized carbons (Fsp3) is 0.692. The van der Waals surface area contributed by atoms with Crippen molar-refractivity contribution in [3.8, 4) is 0 Å². The van der Waals surface area contributed by atoms with E-state index in [0.717, 1.165) is 5.13 Å². The van der Waals surface area contributed by atoms with Crippen molar-refractivity contribution in [2.45, 2.75) is 38.9 Å². The molecule has 1 aromatic rings. The molecular weight excluding hydrogens is 300 g/mol. The first kappa shape index (κ1) is 15.5. The maximum absolute atomic E-state index is 11.6. The largest absolute Gasteiger partial charge is 0.465 e. The summed E-state index contributed by atoms with van der Waals surface area (Å²) < 4.78 is 10.7. The molecule has 0 aliphatic carbocycles. The van der Waals surface area contributed by atoms with Crippen molar-refractivity contribution in [1.29, 1.82) is 0 Å². The van der Waals surface area contributed by atoms with Crippen molar-refractivity contribution in [1.82, 2.24) is 4.98 Å². The SMILES string of the molecule is COC(=O)c1sc(N2CC(C)(C)OC(C)(C)C2)nc1Cl. The Hall–Kier alpha value is -0.850. The van der Waals surface area contributed by atoms with Gasteiger partial charge in [-0.05, 0) is 27.7 Å². The molecule has 2 rings (SSSR count). The van der Waals surface area contributed by atoms with E-state index in [1.165, 1.54) is 18.4 Å². The van der Waals surface area contributed by atoms with E-state index in [1.54, 1.807) is 0 Å². The smallest absolute Gasteiger partial charge is 0.351 e. The molecule has 0 atom stereocenters. The van der Waals surface area contributed by atoms with Gasteiger partial charge < -0.3 is 14.4 Å². The predicted molar refractivity (Wildman–Crippen MR) is 79.9 cm³/mol. The highest BCUT2D eigenvalue weighted by molar-refractivity contribution is 7.18. The van der Waals surface area contributed by atoms with Crippen LogP contribution in [0.4, 0.5) is 5.13 Å². The predicted octanol–water partition coefficient (Wildman–Crippen LogP) is 2.98. The normalized spacial score (nSPS) is 20.8. The van der Waals surface area contributed by atoms with Gasteiger partial charge in [0.2, 0.25) is 0 Å². The van der Waals surface area contributed by atoms with Gasteiger partial charge in [-0.2, -0.15) is 0 Å². The van der Waals surface area contributed by atoms with Gasteiger partial charge in [-0.3, -0.25) is 0 Å². The van der Waals surface area contributed by atoms with Gasteiger partial charge >= 0.3 is 5.97 Å². The molecule has 112 valence electrons. The summed E-state index contributed by atoms with van der Waals surface area (Å²) >= 11 is 7.27. The molecule has 1 aromatic heterocycles. The third-order valence-corrected chi connectivity index (χ3v) is 4.39. The van der Waals surface area contributed by atoms with Gasteiger partial charge in [0.15, 0.2) is 15.2 Å². The average molecular weight is 319 g/mol. The molecular formula is C13H19ClN2O3S. The maximum Gasteiger partial charge on any atom is 0.351 e. The number of ether oxygens (including phenoxy) is 2. The van der Waals surface area contributed by atoms with Gasteiger partial charge in [-0.15, -0.1) is 0 Å². The second-order valence-electron chi connectivity index (χ2n) is 6.09. The second kappa shape index (κ2) is 5.16. The number of anilines is 1. The highest BCUT2D eigenvalue weighted by Gasteiger charge is 2.39. The highest BCUT2D eigenvalue weighted by atomic mass is 35.5. The summed E-state index contributed by atoms with van der Waals surface area (Å²) in [7, 11) is 1.33. The zero-order valence-corrected chi connectivity index (χ0v) is 13.9. The third-order valence-electron chi connectivity index (χ3n) is 2.91. The molecule has 20 heavy (non-hydrogen) atoms. The molecule has 0 saturated carbocycles. The summed E-state index contributed by atoms with van der Waals surface area (Å²) in [5, 5.41) is 0.916. The Balaban J connectivity index is 2.29. The number of thiazole rings is 1. The molecule has 0 bridgehead atoms. The van der Waals surface area contributed by atoms with Crippen LogP contribution in [0.1, 0.15) is 37.4 Å². The first-order chi connectivity index (χ1) is 9.13. The monoisotopic (exact) mass is 318 g/mol. The summed E-state index contributed by atoms with van der Waals surface area (Å²) in [6, 6.07) is 0. The van der Waals surface area contributed by atoms with Crippen molar-refractivity contribution >= 4 is 34.0 Å². The van der Waals surface area contributed by atoms with Crippen LogP contribution in [-0.4, -0.2) is 42.4 Å². The molecule has 0 aromatic carbocycles. The number of aromatic nitrogens is 1. The zero-order valence-electron chi connectivity index (χ0n) is 12.3. The second-order valence-corrected chi connectivity index (χ2v) is 7.42. The highest BCUT2D eigenvalue weighted by Crippen LogP contribution is 2.36. The lowest BCUT2D eigenvalue weighted by Gasteiger charge is -2.47. The summed E-state index contributed by atoms with van der Waals surface area (Å²) in [4.78, 5) is 18.3. The van der Waals surface area contributed by atoms with Crippen LogP contribution in [-0.2, 0) is 9.47 Å². The Morgan fingerprint density at radius 1 is 1.35 bits per heavy atom. The zero-order chi connectivity index (χ0) is 15.1. The van der Waals surface area contributed by atoms with E-state index < -0.39 is 5.97 Å². The van der Waals surface area contributed by atoms with Crippen LogP contribution < -0.4 is 4.90 Å². The minimum Gasteiger partial charge on any atom is -0.465 e. The van der Waals surface area contributed by atoms with Crippen LogP contribution >= 0.6 is 22.9 Å². The standard InChI is InChI=1S/C13H19ClN2O3S/c1-12(2)6-16(7-13(3,4)19-12)11-15-9(14)8(20-11)10(17)18-5/h6-7H2,1-5H3. The van der Waals surface area contributed by atoms with Gasteiger partial charge in [0.1, 0.15) is 0 Å². The van der Waals surface area contributed by atoms with E-state index in [1.807, 2.05) is 27.7 Å². The first-order valence-corrected chi connectivity index (χ1v) is 7.53. The minimum absolute atomic E-state index is 0.193. The summed E-state index contributed by atoms with van der Waals surface area (Å²) in [5.74, 6) is -0.453. The lowest BCUT2D eigenvalue weighted by atomic mass is 9.99. The molecule has 1 saturated heterocycles. The number of carbonyl (C=O) groups is 1. The number of hydrogen-bond acceptors (Lipinski definition) is 6. The molecule has 7 heteroatoms. The van der Waals surface area contributed by atoms with E-state index in [9.17, 15) is 4.79 Å². The topological polar surface area (TPSA) is 51.7 Å². The molecule has 1 aliphatic heterocycles. The van der Waals surface area contributed by atoms with Gasteiger partial charge in [0, 0.05) is 13.1 Å². The number of hydrogen-bond donors (Lipinski definition) is 0. The lowest BCUT2D eigenvalue weighted by Crippen LogP contribution is -2.57. The fourth-order valence-electron chi connectivity index (χ4n) is 2.57. The minimum atomic E-state index is -0.453. The molecule has 0 radical (unpaired) electrons. The van der Waals surface area contributed by atoms with Crippen molar-refractivity contribution in [3.05, 3.63) is 10.0 Å². The number of carbonyl (C=O) groups excluding carboxylic acids is 1. The molecule has 1 aliphatic rings. The Bertz CT molecular complexity index is 512. The first-order valence-electron chi connectivity index (χ1n) is 6.33. The molecule has 0 unspecified atom stereocenters. The maximum atomic E-state index is 11.6. The fourth-order valence-corrected chi connectivity index (χ4v) is 3.77. The van der Waals surface area contributed by atoms with E-state index in [4.69, 9.17) is 21.1 Å². The molecule has 0 spiro atoms. The molecule has 1 fully saturated rings. The molecule has 2 heterocycles. The third kappa shape index (κ3) is 3.24. The van der Waals surface area contributed by atoms with Crippen molar-refractivity contribution < 1.29 is 14.3 Å². The number of rotatable bonds is 2. The van der Waals surface area contributed by atoms with Gasteiger partial charge in [-0.1, -0.05) is 22.9 Å². The number of morpholine rings is 1. The van der Waals surface area contributed by atoms with Gasteiger partial charge in [-0.25, -0.2) is 9.78 Å². The quantitative estimate of drug-likeness (QED) is 0.785. The number of halogens is 1. The average Bonchev–Trinajstić information content (AvgIpc) is 2.66. The number of esters is 1. The van der Waals surface area contributed by atoms with E-state index in [0.29, 0.717) is 18.0 Å². The summed E-state index contributed by atoms with van der Waals surface area (Å²) in [6.07, 6.45) is 0. The number of nitrogens with zero attached hydrogens (tertiary/aromatic N) is 2. The van der Waals surface area contributed by atoms with E-state index in [-0.39, 0.29) is 16.4 Å². The number of methoxy groups -OCH3 is 1. The van der Waals surface area contributed by atoms with Crippen LogP contribution in [0.5, 0.6) is 0 Å². The van der Waals surface area contributed by atoms with Gasteiger partial charge in [0.25, 0.3) is 0 Å². The molecule has 5 nitrogen and oxygen atoms in total. The molecule has 0 amide bonds. The lowest BCUT2D eigenvalue weighted by molar-refractivity contribution is -0.133. The van der Waals surface area contributed by atoms with Gasteiger partial charge in [0.05, 0.1) is 18.3 Å². The van der Waals surface area contributed by atoms with Crippen LogP contribution in [0, 0.1) is 0 Å². The van der Waals surface area contributed by atoms with Crippen molar-refractivity contribution in [3.63, 3.8) is 0 Å².